The van der Waals surface area contributed by atoms with Crippen molar-refractivity contribution in [2.75, 3.05) is 0 Å². The van der Waals surface area contributed by atoms with Crippen LogP contribution in [0.2, 0.25) is 0 Å². The fourth-order valence-corrected chi connectivity index (χ4v) is 10.4. The van der Waals surface area contributed by atoms with Crippen LogP contribution in [-0.4, -0.2) is 44.8 Å². The number of hydrogen-bond donors (Lipinski definition) is 4. The van der Waals surface area contributed by atoms with E-state index in [0.717, 1.165) is 31.3 Å². The highest BCUT2D eigenvalue weighted by Gasteiger charge is 2.69. The Bertz CT molecular complexity index is 838. The molecule has 5 rings (SSSR count). The summed E-state index contributed by atoms with van der Waals surface area (Å²) in [6, 6.07) is 0. The Hall–Kier alpha value is -0.420. The van der Waals surface area contributed by atoms with E-state index in [9.17, 15) is 20.4 Å². The maximum Gasteiger partial charge on any atom is 0.0861 e. The molecule has 4 N–H and O–H groups in total. The molecular formula is C30H50O4. The smallest absolute Gasteiger partial charge is 0.0861 e. The van der Waals surface area contributed by atoms with Crippen LogP contribution in [0, 0.1) is 63.6 Å². The number of hydrogen-bond acceptors (Lipinski definition) is 4. The Morgan fingerprint density at radius 1 is 0.912 bits per heavy atom. The Kier molecular flexibility index (Phi) is 5.97. The number of aliphatic hydroxyl groups excluding tert-OH is 4. The lowest BCUT2D eigenvalue weighted by molar-refractivity contribution is -0.218. The summed E-state index contributed by atoms with van der Waals surface area (Å²) in [6.45, 7) is 16.4. The second-order valence-corrected chi connectivity index (χ2v) is 14.4. The molecular weight excluding hydrogens is 424 g/mol. The molecule has 4 heteroatoms. The van der Waals surface area contributed by atoms with Crippen molar-refractivity contribution in [3.05, 3.63) is 11.6 Å². The highest BCUT2D eigenvalue weighted by molar-refractivity contribution is 5.30. The molecule has 14 atom stereocenters. The standard InChI is InChI=1S/C30H50O4/c1-15(2)17(4)29(6)14-22(29)16(3)20-8-9-21-24-23(32)13-18-12-19(31)10-11-28(18,5)25(24)26(33)27(34)30(20,21)7/h13,15-17,19-27,31-34H,8-12,14H2,1-7H3/t16-,17+,19?,20+,21-,22+,23?,24+,25+,26?,27?,28-,29+,30+/m0/s1. The Labute approximate surface area is 207 Å². The molecule has 5 aliphatic carbocycles. The average Bonchev–Trinajstić information content (AvgIpc) is 3.34. The number of rotatable bonds is 4. The van der Waals surface area contributed by atoms with E-state index in [1.54, 1.807) is 0 Å². The molecule has 4 nitrogen and oxygen atoms in total. The van der Waals surface area contributed by atoms with Crippen molar-refractivity contribution >= 4 is 0 Å². The van der Waals surface area contributed by atoms with Gasteiger partial charge in [-0.2, -0.15) is 0 Å². The quantitative estimate of drug-likeness (QED) is 0.442. The molecule has 0 spiro atoms. The Morgan fingerprint density at radius 3 is 2.24 bits per heavy atom. The SMILES string of the molecule is CC(C)[C@@H](C)[C@@]1(C)C[C@@H]1[C@@H](C)[C@H]1CC[C@H]2[C@@H]3C(O)C=C4CC(O)CC[C@]4(C)[C@H]3C(O)C(O)[C@]12C. The van der Waals surface area contributed by atoms with Crippen molar-refractivity contribution in [1.29, 1.82) is 0 Å². The van der Waals surface area contributed by atoms with Crippen LogP contribution in [0.3, 0.4) is 0 Å². The summed E-state index contributed by atoms with van der Waals surface area (Å²) in [5.74, 6) is 2.94. The van der Waals surface area contributed by atoms with E-state index in [2.05, 4.69) is 48.5 Å². The molecule has 0 aromatic carbocycles. The normalized spacial score (nSPS) is 56.2. The zero-order valence-electron chi connectivity index (χ0n) is 22.5. The van der Waals surface area contributed by atoms with Gasteiger partial charge in [-0.15, -0.1) is 0 Å². The third-order valence-electron chi connectivity index (χ3n) is 12.9. The van der Waals surface area contributed by atoms with Crippen LogP contribution >= 0.6 is 0 Å². The third-order valence-corrected chi connectivity index (χ3v) is 12.9. The molecule has 0 aromatic rings. The lowest BCUT2D eigenvalue weighted by Crippen LogP contribution is -2.66. The second-order valence-electron chi connectivity index (χ2n) is 14.4. The predicted octanol–water partition coefficient (Wildman–Crippen LogP) is 4.79. The maximum atomic E-state index is 11.8. The largest absolute Gasteiger partial charge is 0.393 e. The summed E-state index contributed by atoms with van der Waals surface area (Å²) in [4.78, 5) is 0. The van der Waals surface area contributed by atoms with Crippen molar-refractivity contribution in [3.63, 3.8) is 0 Å². The second kappa shape index (κ2) is 8.04. The van der Waals surface area contributed by atoms with Gasteiger partial charge in [-0.1, -0.05) is 60.1 Å². The van der Waals surface area contributed by atoms with Crippen molar-refractivity contribution in [2.45, 2.75) is 111 Å². The zero-order valence-corrected chi connectivity index (χ0v) is 22.5. The lowest BCUT2D eigenvalue weighted by Gasteiger charge is -2.62. The summed E-state index contributed by atoms with van der Waals surface area (Å²) < 4.78 is 0. The molecule has 34 heavy (non-hydrogen) atoms. The summed E-state index contributed by atoms with van der Waals surface area (Å²) in [7, 11) is 0. The molecule has 4 unspecified atom stereocenters. The minimum absolute atomic E-state index is 0.0234. The minimum Gasteiger partial charge on any atom is -0.393 e. The van der Waals surface area contributed by atoms with Gasteiger partial charge in [0, 0.05) is 11.3 Å². The molecule has 0 bridgehead atoms. The fourth-order valence-electron chi connectivity index (χ4n) is 10.4. The van der Waals surface area contributed by atoms with Gasteiger partial charge < -0.3 is 20.4 Å². The molecule has 4 saturated carbocycles. The fraction of sp³-hybridized carbons (Fsp3) is 0.933. The van der Waals surface area contributed by atoms with Gasteiger partial charge >= 0.3 is 0 Å². The van der Waals surface area contributed by atoms with E-state index < -0.39 is 18.3 Å². The van der Waals surface area contributed by atoms with Crippen LogP contribution in [0.4, 0.5) is 0 Å². The highest BCUT2D eigenvalue weighted by atomic mass is 16.3. The van der Waals surface area contributed by atoms with E-state index in [1.165, 1.54) is 6.42 Å². The lowest BCUT2D eigenvalue weighted by atomic mass is 9.44. The van der Waals surface area contributed by atoms with Gasteiger partial charge in [-0.05, 0) is 90.8 Å². The molecule has 194 valence electrons. The van der Waals surface area contributed by atoms with Crippen LogP contribution in [0.5, 0.6) is 0 Å². The average molecular weight is 475 g/mol. The summed E-state index contributed by atoms with van der Waals surface area (Å²) >= 11 is 0. The highest BCUT2D eigenvalue weighted by Crippen LogP contribution is 2.71. The third kappa shape index (κ3) is 3.23. The van der Waals surface area contributed by atoms with Crippen LogP contribution in [0.15, 0.2) is 11.6 Å². The van der Waals surface area contributed by atoms with Crippen LogP contribution in [0.25, 0.3) is 0 Å². The van der Waals surface area contributed by atoms with Gasteiger partial charge in [0.2, 0.25) is 0 Å². The van der Waals surface area contributed by atoms with E-state index in [1.807, 2.05) is 6.08 Å². The first-order valence-corrected chi connectivity index (χ1v) is 14.2. The predicted molar refractivity (Wildman–Crippen MR) is 135 cm³/mol. The van der Waals surface area contributed by atoms with E-state index >= 15 is 0 Å². The molecule has 0 radical (unpaired) electrons. The van der Waals surface area contributed by atoms with E-state index in [-0.39, 0.29) is 34.7 Å². The first-order valence-electron chi connectivity index (χ1n) is 14.2. The van der Waals surface area contributed by atoms with Crippen molar-refractivity contribution in [3.8, 4) is 0 Å². The number of aliphatic hydroxyl groups is 4. The summed E-state index contributed by atoms with van der Waals surface area (Å²) in [5.41, 5.74) is 0.841. The first kappa shape index (κ1) is 25.2. The molecule has 0 saturated heterocycles. The van der Waals surface area contributed by atoms with Crippen LogP contribution in [0.1, 0.15) is 87.0 Å². The molecule has 0 heterocycles. The van der Waals surface area contributed by atoms with E-state index in [4.69, 9.17) is 0 Å². The van der Waals surface area contributed by atoms with Gasteiger partial charge in [-0.25, -0.2) is 0 Å². The summed E-state index contributed by atoms with van der Waals surface area (Å²) in [6.07, 6.45) is 4.94. The van der Waals surface area contributed by atoms with Gasteiger partial charge in [-0.3, -0.25) is 0 Å². The van der Waals surface area contributed by atoms with Crippen molar-refractivity contribution < 1.29 is 20.4 Å². The van der Waals surface area contributed by atoms with Crippen molar-refractivity contribution in [1.82, 2.24) is 0 Å². The molecule has 5 aliphatic rings. The Morgan fingerprint density at radius 2 is 1.59 bits per heavy atom. The van der Waals surface area contributed by atoms with Gasteiger partial charge in [0.25, 0.3) is 0 Å². The molecule has 0 aliphatic heterocycles. The van der Waals surface area contributed by atoms with Gasteiger partial charge in [0.05, 0.1) is 24.4 Å². The summed E-state index contributed by atoms with van der Waals surface area (Å²) in [5, 5.41) is 45.3. The minimum atomic E-state index is -0.835. The molecule has 0 aromatic heterocycles. The number of fused-ring (bicyclic) bond motifs is 5. The monoisotopic (exact) mass is 474 g/mol. The Balaban J connectivity index is 1.46. The van der Waals surface area contributed by atoms with Crippen LogP contribution < -0.4 is 0 Å². The zero-order chi connectivity index (χ0) is 25.0. The van der Waals surface area contributed by atoms with Crippen molar-refractivity contribution in [2.24, 2.45) is 63.6 Å². The van der Waals surface area contributed by atoms with Gasteiger partial charge in [0.15, 0.2) is 0 Å². The first-order chi connectivity index (χ1) is 15.8. The molecule has 0 amide bonds. The van der Waals surface area contributed by atoms with Gasteiger partial charge in [0.1, 0.15) is 0 Å². The molecule has 4 fully saturated rings. The topological polar surface area (TPSA) is 80.9 Å². The van der Waals surface area contributed by atoms with Crippen LogP contribution in [-0.2, 0) is 0 Å². The maximum absolute atomic E-state index is 11.8. The van der Waals surface area contributed by atoms with E-state index in [0.29, 0.717) is 41.4 Å².